The maximum absolute atomic E-state index is 13.9. The van der Waals surface area contributed by atoms with Gasteiger partial charge in [-0.3, -0.25) is 4.90 Å². The average molecular weight is 386 g/mol. The third-order valence-corrected chi connectivity index (χ3v) is 6.21. The largest absolute Gasteiger partial charge is 0.293 e. The van der Waals surface area contributed by atoms with E-state index in [1.54, 1.807) is 4.68 Å². The molecule has 2 aromatic rings. The molecule has 11 heteroatoms. The van der Waals surface area contributed by atoms with Crippen molar-refractivity contribution in [1.29, 1.82) is 0 Å². The lowest BCUT2D eigenvalue weighted by Gasteiger charge is -2.33. The monoisotopic (exact) mass is 386 g/mol. The molecule has 0 amide bonds. The number of tetrazole rings is 1. The van der Waals surface area contributed by atoms with E-state index in [1.807, 2.05) is 11.8 Å². The van der Waals surface area contributed by atoms with Gasteiger partial charge in [0, 0.05) is 32.7 Å². The summed E-state index contributed by atoms with van der Waals surface area (Å²) in [7, 11) is -4.21. The van der Waals surface area contributed by atoms with E-state index in [1.165, 1.54) is 0 Å². The lowest BCUT2D eigenvalue weighted by molar-refractivity contribution is 0.175. The molecule has 1 aliphatic rings. The molecule has 2 heterocycles. The molecule has 3 rings (SSSR count). The molecule has 0 radical (unpaired) electrons. The smallest absolute Gasteiger partial charge is 0.249 e. The molecule has 26 heavy (non-hydrogen) atoms. The first kappa shape index (κ1) is 18.8. The minimum Gasteiger partial charge on any atom is -0.293 e. The molecule has 0 unspecified atom stereocenters. The zero-order valence-corrected chi connectivity index (χ0v) is 15.2. The van der Waals surface area contributed by atoms with Gasteiger partial charge in [0.1, 0.15) is 11.6 Å². The van der Waals surface area contributed by atoms with Crippen LogP contribution in [-0.4, -0.2) is 64.0 Å². The summed E-state index contributed by atoms with van der Waals surface area (Å²) in [5.74, 6) is -1.44. The molecule has 0 N–H and O–H groups in total. The molecule has 142 valence electrons. The average Bonchev–Trinajstić information content (AvgIpc) is 3.02. The van der Waals surface area contributed by atoms with Crippen LogP contribution in [0.5, 0.6) is 0 Å². The van der Waals surface area contributed by atoms with Crippen LogP contribution >= 0.6 is 0 Å². The Bertz CT molecular complexity index is 845. The Morgan fingerprint density at radius 1 is 1.12 bits per heavy atom. The summed E-state index contributed by atoms with van der Waals surface area (Å²) >= 11 is 0. The van der Waals surface area contributed by atoms with Crippen molar-refractivity contribution >= 4 is 10.0 Å². The molecule has 8 nitrogen and oxygen atoms in total. The maximum atomic E-state index is 13.9. The van der Waals surface area contributed by atoms with Crippen LogP contribution in [0.4, 0.5) is 8.78 Å². The van der Waals surface area contributed by atoms with E-state index >= 15 is 0 Å². The van der Waals surface area contributed by atoms with Crippen LogP contribution in [0.3, 0.4) is 0 Å². The Balaban J connectivity index is 1.67. The summed E-state index contributed by atoms with van der Waals surface area (Å²) < 4.78 is 55.7. The van der Waals surface area contributed by atoms with E-state index in [2.05, 4.69) is 15.5 Å². The molecule has 1 aromatic carbocycles. The van der Waals surface area contributed by atoms with Crippen LogP contribution in [0.15, 0.2) is 23.1 Å². The van der Waals surface area contributed by atoms with Crippen LogP contribution in [0.1, 0.15) is 19.2 Å². The van der Waals surface area contributed by atoms with Crippen LogP contribution in [-0.2, 0) is 23.1 Å². The van der Waals surface area contributed by atoms with Gasteiger partial charge in [0.2, 0.25) is 10.0 Å². The fourth-order valence-corrected chi connectivity index (χ4v) is 4.44. The highest BCUT2D eigenvalue weighted by Gasteiger charge is 2.33. The highest BCUT2D eigenvalue weighted by atomic mass is 32.2. The van der Waals surface area contributed by atoms with Crippen LogP contribution in [0, 0.1) is 11.6 Å². The van der Waals surface area contributed by atoms with Gasteiger partial charge in [-0.25, -0.2) is 21.9 Å². The molecule has 1 aromatic heterocycles. The molecule has 0 aliphatic carbocycles. The van der Waals surface area contributed by atoms with E-state index < -0.39 is 26.6 Å². The van der Waals surface area contributed by atoms with Gasteiger partial charge in [-0.05, 0) is 29.0 Å². The van der Waals surface area contributed by atoms with Gasteiger partial charge >= 0.3 is 0 Å². The Kier molecular flexibility index (Phi) is 5.58. The second-order valence-corrected chi connectivity index (χ2v) is 7.92. The molecule has 1 fully saturated rings. The van der Waals surface area contributed by atoms with Crippen molar-refractivity contribution in [3.63, 3.8) is 0 Å². The Labute approximate surface area is 150 Å². The van der Waals surface area contributed by atoms with E-state index in [4.69, 9.17) is 0 Å². The first-order valence-electron chi connectivity index (χ1n) is 8.35. The second-order valence-electron chi connectivity index (χ2n) is 6.05. The quantitative estimate of drug-likeness (QED) is 0.732. The topological polar surface area (TPSA) is 84.2 Å². The molecular formula is C15H20F2N6O2S. The fourth-order valence-electron chi connectivity index (χ4n) is 2.91. The first-order valence-corrected chi connectivity index (χ1v) is 9.79. The lowest BCUT2D eigenvalue weighted by atomic mass is 10.3. The van der Waals surface area contributed by atoms with Gasteiger partial charge < -0.3 is 0 Å². The summed E-state index contributed by atoms with van der Waals surface area (Å²) in [6, 6.07) is 3.03. The van der Waals surface area contributed by atoms with E-state index in [0.29, 0.717) is 32.0 Å². The fraction of sp³-hybridized carbons (Fsp3) is 0.533. The number of aryl methyl sites for hydroxylation is 1. The maximum Gasteiger partial charge on any atom is 0.249 e. The third-order valence-electron chi connectivity index (χ3n) is 4.25. The summed E-state index contributed by atoms with van der Waals surface area (Å²) in [5.41, 5.74) is 0. The van der Waals surface area contributed by atoms with Crippen molar-refractivity contribution in [2.75, 3.05) is 26.2 Å². The summed E-state index contributed by atoms with van der Waals surface area (Å²) in [6.45, 7) is 4.37. The van der Waals surface area contributed by atoms with Gasteiger partial charge in [-0.15, -0.1) is 5.10 Å². The normalized spacial score (nSPS) is 16.9. The molecular weight excluding hydrogens is 366 g/mol. The number of halogens is 2. The Hall–Kier alpha value is -1.98. The van der Waals surface area contributed by atoms with Crippen molar-refractivity contribution in [2.45, 2.75) is 31.3 Å². The first-order chi connectivity index (χ1) is 12.4. The van der Waals surface area contributed by atoms with Gasteiger partial charge in [-0.1, -0.05) is 13.0 Å². The van der Waals surface area contributed by atoms with E-state index in [-0.39, 0.29) is 13.1 Å². The molecule has 0 atom stereocenters. The highest BCUT2D eigenvalue weighted by molar-refractivity contribution is 7.89. The van der Waals surface area contributed by atoms with Gasteiger partial charge in [-0.2, -0.15) is 4.31 Å². The lowest BCUT2D eigenvalue weighted by Crippen LogP contribution is -2.48. The number of sulfonamides is 1. The van der Waals surface area contributed by atoms with E-state index in [0.717, 1.165) is 28.9 Å². The van der Waals surface area contributed by atoms with E-state index in [9.17, 15) is 17.2 Å². The van der Waals surface area contributed by atoms with Gasteiger partial charge in [0.15, 0.2) is 10.7 Å². The number of piperazine rings is 1. The Morgan fingerprint density at radius 3 is 2.38 bits per heavy atom. The summed E-state index contributed by atoms with van der Waals surface area (Å²) in [6.07, 6.45) is 0.901. The van der Waals surface area contributed by atoms with Crippen molar-refractivity contribution < 1.29 is 17.2 Å². The predicted octanol–water partition coefficient (Wildman–Crippen LogP) is 0.868. The number of hydrogen-bond acceptors (Lipinski definition) is 6. The minimum atomic E-state index is -4.21. The third kappa shape index (κ3) is 3.74. The van der Waals surface area contributed by atoms with Crippen LogP contribution < -0.4 is 0 Å². The standard InChI is InChI=1S/C15H20F2N6O2S/c1-2-6-23-14(18-19-20-23)11-21-7-9-22(10-8-21)26(24,25)15-12(16)4-3-5-13(15)17/h3-5H,2,6-11H2,1H3. The molecule has 0 spiro atoms. The number of benzene rings is 1. The Morgan fingerprint density at radius 2 is 1.77 bits per heavy atom. The SMILES string of the molecule is CCCn1nnnc1CN1CCN(S(=O)(=O)c2c(F)cccc2F)CC1. The van der Waals surface area contributed by atoms with Crippen molar-refractivity contribution in [3.8, 4) is 0 Å². The zero-order chi connectivity index (χ0) is 18.7. The van der Waals surface area contributed by atoms with Gasteiger partial charge in [0.05, 0.1) is 6.54 Å². The highest BCUT2D eigenvalue weighted by Crippen LogP contribution is 2.23. The zero-order valence-electron chi connectivity index (χ0n) is 14.3. The minimum absolute atomic E-state index is 0.144. The van der Waals surface area contributed by atoms with Crippen molar-refractivity contribution in [3.05, 3.63) is 35.7 Å². The van der Waals surface area contributed by atoms with Crippen LogP contribution in [0.2, 0.25) is 0 Å². The molecule has 0 bridgehead atoms. The van der Waals surface area contributed by atoms with Crippen molar-refractivity contribution in [1.82, 2.24) is 29.4 Å². The summed E-state index contributed by atoms with van der Waals surface area (Å²) in [4.78, 5) is 1.13. The van der Waals surface area contributed by atoms with Crippen LogP contribution in [0.25, 0.3) is 0 Å². The molecule has 0 saturated carbocycles. The summed E-state index contributed by atoms with van der Waals surface area (Å²) in [5, 5.41) is 11.6. The number of aromatic nitrogens is 4. The second kappa shape index (κ2) is 7.72. The number of hydrogen-bond donors (Lipinski definition) is 0. The number of nitrogens with zero attached hydrogens (tertiary/aromatic N) is 6. The molecule has 1 aliphatic heterocycles. The predicted molar refractivity (Wildman–Crippen MR) is 88.5 cm³/mol. The molecule has 1 saturated heterocycles. The van der Waals surface area contributed by atoms with Crippen molar-refractivity contribution in [2.24, 2.45) is 0 Å². The number of rotatable bonds is 6. The van der Waals surface area contributed by atoms with Gasteiger partial charge in [0.25, 0.3) is 0 Å².